The highest BCUT2D eigenvalue weighted by Crippen LogP contribution is 2.36. The van der Waals surface area contributed by atoms with Crippen LogP contribution in [0.1, 0.15) is 82.5 Å². The van der Waals surface area contributed by atoms with E-state index in [1.54, 1.807) is 0 Å². The smallest absolute Gasteiger partial charge is 0.327 e. The van der Waals surface area contributed by atoms with Crippen molar-refractivity contribution in [3.8, 4) is 0 Å². The molecule has 1 aromatic heterocycles. The Kier molecular flexibility index (Phi) is 7.97. The number of carbonyl (C=O) groups excluding carboxylic acids is 1. The van der Waals surface area contributed by atoms with Gasteiger partial charge in [0, 0.05) is 6.04 Å². The zero-order valence-electron chi connectivity index (χ0n) is 17.3. The van der Waals surface area contributed by atoms with Crippen molar-refractivity contribution in [2.45, 2.75) is 89.3 Å². The molecule has 0 radical (unpaired) electrons. The summed E-state index contributed by atoms with van der Waals surface area (Å²) in [5.74, 6) is 0.0790. The molecule has 9 nitrogen and oxygen atoms in total. The van der Waals surface area contributed by atoms with Gasteiger partial charge in [-0.15, -0.1) is 5.10 Å². The Bertz CT molecular complexity index is 668. The van der Waals surface area contributed by atoms with Gasteiger partial charge >= 0.3 is 11.9 Å². The van der Waals surface area contributed by atoms with Crippen molar-refractivity contribution in [2.24, 2.45) is 11.8 Å². The van der Waals surface area contributed by atoms with Crippen LogP contribution in [-0.2, 0) is 20.9 Å². The maximum absolute atomic E-state index is 11.8. The zero-order valence-corrected chi connectivity index (χ0v) is 17.3. The molecule has 0 spiro atoms. The molecule has 2 fully saturated rings. The lowest BCUT2D eigenvalue weighted by Crippen LogP contribution is -2.44. The minimum absolute atomic E-state index is 0.0449. The van der Waals surface area contributed by atoms with Crippen LogP contribution in [0.2, 0.25) is 0 Å². The van der Waals surface area contributed by atoms with E-state index in [9.17, 15) is 14.7 Å². The quantitative estimate of drug-likeness (QED) is 0.599. The minimum atomic E-state index is -0.787. The summed E-state index contributed by atoms with van der Waals surface area (Å²) in [5, 5.41) is 25.2. The molecule has 3 rings (SSSR count). The molecule has 0 bridgehead atoms. The molecule has 9 heteroatoms. The fourth-order valence-electron chi connectivity index (χ4n) is 4.94. The monoisotopic (exact) mass is 407 g/mol. The van der Waals surface area contributed by atoms with Gasteiger partial charge < -0.3 is 15.2 Å². The summed E-state index contributed by atoms with van der Waals surface area (Å²) < 4.78 is 6.28. The van der Waals surface area contributed by atoms with Crippen molar-refractivity contribution in [1.29, 1.82) is 0 Å². The molecule has 2 aliphatic carbocycles. The summed E-state index contributed by atoms with van der Waals surface area (Å²) in [6, 6.07) is -0.288. The average Bonchev–Trinajstić information content (AvgIpc) is 3.19. The summed E-state index contributed by atoms with van der Waals surface area (Å²) in [5.41, 5.74) is 0. The Morgan fingerprint density at radius 2 is 1.72 bits per heavy atom. The van der Waals surface area contributed by atoms with E-state index in [1.165, 1.54) is 24.6 Å². The third-order valence-corrected chi connectivity index (χ3v) is 6.47. The second kappa shape index (κ2) is 10.7. The maximum Gasteiger partial charge on any atom is 0.327 e. The number of aromatic nitrogens is 4. The Hall–Kier alpha value is -2.03. The van der Waals surface area contributed by atoms with Crippen LogP contribution in [0, 0.1) is 11.8 Å². The molecule has 0 aromatic carbocycles. The van der Waals surface area contributed by atoms with Gasteiger partial charge in [-0.3, -0.25) is 9.59 Å². The van der Waals surface area contributed by atoms with E-state index in [4.69, 9.17) is 4.74 Å². The molecule has 29 heavy (non-hydrogen) atoms. The van der Waals surface area contributed by atoms with E-state index in [-0.39, 0.29) is 25.0 Å². The van der Waals surface area contributed by atoms with E-state index in [1.807, 2.05) is 0 Å². The first-order chi connectivity index (χ1) is 14.1. The average molecular weight is 408 g/mol. The third kappa shape index (κ3) is 5.98. The number of carboxylic acid groups (broad SMARTS) is 1. The Morgan fingerprint density at radius 1 is 1.10 bits per heavy atom. The molecule has 0 amide bonds. The Labute approximate surface area is 171 Å². The van der Waals surface area contributed by atoms with Crippen molar-refractivity contribution in [1.82, 2.24) is 25.5 Å². The second-order valence-corrected chi connectivity index (χ2v) is 8.42. The molecule has 2 atom stereocenters. The molecular formula is C20H33N5O4. The number of carboxylic acids is 1. The number of hydrogen-bond acceptors (Lipinski definition) is 7. The maximum atomic E-state index is 11.8. The molecule has 0 aliphatic heterocycles. The first kappa shape index (κ1) is 21.7. The van der Waals surface area contributed by atoms with Crippen LogP contribution in [0.15, 0.2) is 0 Å². The topological polar surface area (TPSA) is 119 Å². The van der Waals surface area contributed by atoms with Crippen LogP contribution in [0.4, 0.5) is 0 Å². The molecular weight excluding hydrogens is 374 g/mol. The summed E-state index contributed by atoms with van der Waals surface area (Å²) in [6.07, 6.45) is 11.3. The number of rotatable bonds is 9. The van der Waals surface area contributed by atoms with Gasteiger partial charge in [-0.1, -0.05) is 38.5 Å². The van der Waals surface area contributed by atoms with Crippen molar-refractivity contribution in [2.75, 3.05) is 7.11 Å². The lowest BCUT2D eigenvalue weighted by Gasteiger charge is -2.37. The van der Waals surface area contributed by atoms with E-state index >= 15 is 0 Å². The SMILES string of the molecule is COC(=O)Cn1nnnc1C(NC(CC(=O)O)C1CCCCC1)C1CCCCC1. The zero-order chi connectivity index (χ0) is 20.6. The number of esters is 1. The molecule has 162 valence electrons. The van der Waals surface area contributed by atoms with Crippen molar-refractivity contribution < 1.29 is 19.4 Å². The number of hydrogen-bond donors (Lipinski definition) is 2. The van der Waals surface area contributed by atoms with Gasteiger partial charge in [0.05, 0.1) is 19.6 Å². The van der Waals surface area contributed by atoms with E-state index in [2.05, 4.69) is 20.8 Å². The summed E-state index contributed by atoms with van der Waals surface area (Å²) in [4.78, 5) is 23.4. The van der Waals surface area contributed by atoms with Crippen LogP contribution in [0.3, 0.4) is 0 Å². The van der Waals surface area contributed by atoms with Gasteiger partial charge in [0.2, 0.25) is 0 Å². The number of nitrogens with one attached hydrogen (secondary N) is 1. The summed E-state index contributed by atoms with van der Waals surface area (Å²) >= 11 is 0. The van der Waals surface area contributed by atoms with Crippen molar-refractivity contribution >= 4 is 11.9 Å². The first-order valence-electron chi connectivity index (χ1n) is 10.9. The second-order valence-electron chi connectivity index (χ2n) is 8.42. The van der Waals surface area contributed by atoms with E-state index in [0.717, 1.165) is 51.4 Å². The highest BCUT2D eigenvalue weighted by molar-refractivity contribution is 5.69. The molecule has 1 heterocycles. The lowest BCUT2D eigenvalue weighted by molar-refractivity contribution is -0.141. The number of ether oxygens (including phenoxy) is 1. The standard InChI is InChI=1S/C20H33N5O4/c1-29-18(28)13-25-20(22-23-24-25)19(15-10-6-3-7-11-15)21-16(12-17(26)27)14-8-4-2-5-9-14/h14-16,19,21H,2-13H2,1H3,(H,26,27). The summed E-state index contributed by atoms with van der Waals surface area (Å²) in [6.45, 7) is -0.0449. The first-order valence-corrected chi connectivity index (χ1v) is 10.9. The molecule has 0 saturated heterocycles. The molecule has 2 saturated carbocycles. The van der Waals surface area contributed by atoms with Crippen molar-refractivity contribution in [3.05, 3.63) is 5.82 Å². The van der Waals surface area contributed by atoms with Gasteiger partial charge in [0.25, 0.3) is 0 Å². The third-order valence-electron chi connectivity index (χ3n) is 6.47. The Morgan fingerprint density at radius 3 is 2.31 bits per heavy atom. The lowest BCUT2D eigenvalue weighted by atomic mass is 9.79. The van der Waals surface area contributed by atoms with Gasteiger partial charge in [-0.2, -0.15) is 0 Å². The number of nitrogens with zero attached hydrogens (tertiary/aromatic N) is 4. The van der Waals surface area contributed by atoms with Crippen LogP contribution in [0.25, 0.3) is 0 Å². The van der Waals surface area contributed by atoms with E-state index < -0.39 is 11.9 Å². The van der Waals surface area contributed by atoms with Gasteiger partial charge in [-0.05, 0) is 47.9 Å². The minimum Gasteiger partial charge on any atom is -0.481 e. The van der Waals surface area contributed by atoms with Crippen LogP contribution in [0.5, 0.6) is 0 Å². The highest BCUT2D eigenvalue weighted by Gasteiger charge is 2.35. The number of carbonyl (C=O) groups is 2. The molecule has 2 N–H and O–H groups in total. The fraction of sp³-hybridized carbons (Fsp3) is 0.850. The molecule has 2 unspecified atom stereocenters. The highest BCUT2D eigenvalue weighted by atomic mass is 16.5. The molecule has 1 aromatic rings. The Balaban J connectivity index is 1.85. The number of tetrazole rings is 1. The van der Waals surface area contributed by atoms with E-state index in [0.29, 0.717) is 17.7 Å². The number of methoxy groups -OCH3 is 1. The fourth-order valence-corrected chi connectivity index (χ4v) is 4.94. The summed E-state index contributed by atoms with van der Waals surface area (Å²) in [7, 11) is 1.34. The predicted octanol–water partition coefficient (Wildman–Crippen LogP) is 2.48. The largest absolute Gasteiger partial charge is 0.481 e. The van der Waals surface area contributed by atoms with Crippen LogP contribution < -0.4 is 5.32 Å². The van der Waals surface area contributed by atoms with Crippen molar-refractivity contribution in [3.63, 3.8) is 0 Å². The van der Waals surface area contributed by atoms with Gasteiger partial charge in [0.1, 0.15) is 6.54 Å². The van der Waals surface area contributed by atoms with Crippen LogP contribution >= 0.6 is 0 Å². The normalized spacial score (nSPS) is 20.9. The number of aliphatic carboxylic acids is 1. The van der Waals surface area contributed by atoms with Gasteiger partial charge in [-0.25, -0.2) is 4.68 Å². The van der Waals surface area contributed by atoms with Gasteiger partial charge in [0.15, 0.2) is 5.82 Å². The molecule has 2 aliphatic rings. The predicted molar refractivity (Wildman–Crippen MR) is 105 cm³/mol. The van der Waals surface area contributed by atoms with Crippen LogP contribution in [-0.4, -0.2) is 50.4 Å².